The molecular weight excluding hydrogens is 281 g/mol. The fourth-order valence-electron chi connectivity index (χ4n) is 1.26. The lowest BCUT2D eigenvalue weighted by Gasteiger charge is -2.03. The van der Waals surface area contributed by atoms with Gasteiger partial charge in [0, 0.05) is 11.9 Å². The molecule has 1 aromatic heterocycles. The zero-order valence-corrected chi connectivity index (χ0v) is 11.3. The molecule has 0 saturated heterocycles. The average Bonchev–Trinajstić information content (AvgIpc) is 2.68. The van der Waals surface area contributed by atoms with E-state index in [0.29, 0.717) is 26.5 Å². The van der Waals surface area contributed by atoms with Gasteiger partial charge in [0.25, 0.3) is 0 Å². The molecule has 90 valence electrons. The minimum atomic E-state index is -1.21. The van der Waals surface area contributed by atoms with Gasteiger partial charge >= 0.3 is 0 Å². The summed E-state index contributed by atoms with van der Waals surface area (Å²) in [5.74, 6) is 0.962. The van der Waals surface area contributed by atoms with Crippen LogP contribution in [0.5, 0.6) is 0 Å². The van der Waals surface area contributed by atoms with Crippen molar-refractivity contribution in [2.24, 2.45) is 7.05 Å². The molecule has 1 aromatic carbocycles. The van der Waals surface area contributed by atoms with Crippen LogP contribution < -0.4 is 0 Å². The Bertz CT molecular complexity index is 570. The first kappa shape index (κ1) is 12.5. The number of nitrogens with zero attached hydrogens (tertiary/aromatic N) is 3. The van der Waals surface area contributed by atoms with E-state index in [4.69, 9.17) is 23.2 Å². The van der Waals surface area contributed by atoms with Crippen LogP contribution in [-0.2, 0) is 23.6 Å². The summed E-state index contributed by atoms with van der Waals surface area (Å²) < 4.78 is 13.8. The molecule has 4 nitrogen and oxygen atoms in total. The highest BCUT2D eigenvalue weighted by atomic mass is 35.5. The van der Waals surface area contributed by atoms with Gasteiger partial charge in [-0.3, -0.25) is 4.21 Å². The quantitative estimate of drug-likeness (QED) is 0.872. The van der Waals surface area contributed by atoms with Crippen molar-refractivity contribution in [3.63, 3.8) is 0 Å². The van der Waals surface area contributed by atoms with Gasteiger partial charge in [0.05, 0.1) is 26.6 Å². The Hall–Kier alpha value is -0.910. The smallest absolute Gasteiger partial charge is 0.145 e. The Kier molecular flexibility index (Phi) is 3.81. The molecule has 0 bridgehead atoms. The number of aryl methyl sites for hydroxylation is 1. The SMILES string of the molecule is Cn1cnnc1C[S@@](=O)c1ccc(Cl)c(Cl)c1. The van der Waals surface area contributed by atoms with E-state index in [-0.39, 0.29) is 0 Å². The standard InChI is InChI=1S/C10H9Cl2N3OS/c1-15-6-13-14-10(15)5-17(16)7-2-3-8(11)9(12)4-7/h2-4,6H,5H2,1H3/t17-/m1/s1. The Morgan fingerprint density at radius 2 is 2.12 bits per heavy atom. The predicted octanol–water partition coefficient (Wildman–Crippen LogP) is 2.43. The maximum Gasteiger partial charge on any atom is 0.145 e. The first-order valence-electron chi connectivity index (χ1n) is 4.74. The minimum absolute atomic E-state index is 0.300. The van der Waals surface area contributed by atoms with E-state index in [2.05, 4.69) is 10.2 Å². The second-order valence-corrected chi connectivity index (χ2v) is 5.69. The van der Waals surface area contributed by atoms with Crippen LogP contribution in [0.15, 0.2) is 29.4 Å². The second kappa shape index (κ2) is 5.16. The fraction of sp³-hybridized carbons (Fsp3) is 0.200. The van der Waals surface area contributed by atoms with Crippen molar-refractivity contribution in [3.05, 3.63) is 40.4 Å². The van der Waals surface area contributed by atoms with Gasteiger partial charge in [-0.1, -0.05) is 23.2 Å². The molecule has 0 radical (unpaired) electrons. The Morgan fingerprint density at radius 3 is 2.71 bits per heavy atom. The molecule has 0 N–H and O–H groups in total. The molecule has 2 rings (SSSR count). The van der Waals surface area contributed by atoms with E-state index in [1.807, 2.05) is 0 Å². The molecule has 17 heavy (non-hydrogen) atoms. The number of halogens is 2. The van der Waals surface area contributed by atoms with Gasteiger partial charge in [0.15, 0.2) is 0 Å². The molecule has 0 spiro atoms. The lowest BCUT2D eigenvalue weighted by Crippen LogP contribution is -2.03. The molecule has 0 unspecified atom stereocenters. The summed E-state index contributed by atoms with van der Waals surface area (Å²) >= 11 is 11.7. The van der Waals surface area contributed by atoms with E-state index < -0.39 is 10.8 Å². The number of hydrogen-bond acceptors (Lipinski definition) is 3. The van der Waals surface area contributed by atoms with Crippen molar-refractivity contribution in [1.29, 1.82) is 0 Å². The third-order valence-corrected chi connectivity index (χ3v) is 4.26. The van der Waals surface area contributed by atoms with Gasteiger partial charge in [-0.25, -0.2) is 0 Å². The second-order valence-electron chi connectivity index (χ2n) is 3.42. The van der Waals surface area contributed by atoms with Crippen molar-refractivity contribution in [2.45, 2.75) is 10.6 Å². The van der Waals surface area contributed by atoms with Crippen molar-refractivity contribution in [1.82, 2.24) is 14.8 Å². The normalized spacial score (nSPS) is 12.6. The van der Waals surface area contributed by atoms with Gasteiger partial charge in [0.1, 0.15) is 12.2 Å². The fourth-order valence-corrected chi connectivity index (χ4v) is 2.75. The number of benzene rings is 1. The summed E-state index contributed by atoms with van der Waals surface area (Å²) in [4.78, 5) is 0.627. The maximum atomic E-state index is 12.1. The highest BCUT2D eigenvalue weighted by molar-refractivity contribution is 7.84. The van der Waals surface area contributed by atoms with Crippen LogP contribution in [0.25, 0.3) is 0 Å². The molecule has 1 atom stereocenters. The summed E-state index contributed by atoms with van der Waals surface area (Å²) in [6.07, 6.45) is 1.57. The van der Waals surface area contributed by atoms with Crippen LogP contribution >= 0.6 is 23.2 Å². The molecule has 2 aromatic rings. The van der Waals surface area contributed by atoms with Crippen LogP contribution in [0, 0.1) is 0 Å². The Labute approximate surface area is 111 Å². The summed E-state index contributed by atoms with van der Waals surface area (Å²) in [5, 5.41) is 8.46. The third kappa shape index (κ3) is 2.86. The molecular formula is C10H9Cl2N3OS. The summed E-state index contributed by atoms with van der Waals surface area (Å²) in [7, 11) is 0.599. The first-order chi connectivity index (χ1) is 8.08. The zero-order chi connectivity index (χ0) is 12.4. The van der Waals surface area contributed by atoms with Crippen LogP contribution in [0.4, 0.5) is 0 Å². The predicted molar refractivity (Wildman–Crippen MR) is 67.6 cm³/mol. The molecule has 0 amide bonds. The van der Waals surface area contributed by atoms with E-state index in [1.54, 1.807) is 36.1 Å². The van der Waals surface area contributed by atoms with Crippen LogP contribution in [-0.4, -0.2) is 19.0 Å². The number of hydrogen-bond donors (Lipinski definition) is 0. The minimum Gasteiger partial charge on any atom is -0.320 e. The Morgan fingerprint density at radius 1 is 1.35 bits per heavy atom. The van der Waals surface area contributed by atoms with Crippen LogP contribution in [0.1, 0.15) is 5.82 Å². The Balaban J connectivity index is 2.20. The van der Waals surface area contributed by atoms with Gasteiger partial charge < -0.3 is 4.57 Å². The zero-order valence-electron chi connectivity index (χ0n) is 8.93. The third-order valence-electron chi connectivity index (χ3n) is 2.22. The van der Waals surface area contributed by atoms with Gasteiger partial charge in [0.2, 0.25) is 0 Å². The van der Waals surface area contributed by atoms with Crippen molar-refractivity contribution < 1.29 is 4.21 Å². The lowest BCUT2D eigenvalue weighted by molar-refractivity contribution is 0.679. The molecule has 0 aliphatic carbocycles. The largest absolute Gasteiger partial charge is 0.320 e. The average molecular weight is 290 g/mol. The van der Waals surface area contributed by atoms with Crippen LogP contribution in [0.3, 0.4) is 0 Å². The molecule has 1 heterocycles. The van der Waals surface area contributed by atoms with E-state index in [1.165, 1.54) is 0 Å². The van der Waals surface area contributed by atoms with Gasteiger partial charge in [-0.2, -0.15) is 0 Å². The van der Waals surface area contributed by atoms with E-state index in [0.717, 1.165) is 0 Å². The van der Waals surface area contributed by atoms with Crippen molar-refractivity contribution in [2.75, 3.05) is 0 Å². The van der Waals surface area contributed by atoms with E-state index >= 15 is 0 Å². The first-order valence-corrected chi connectivity index (χ1v) is 6.81. The monoisotopic (exact) mass is 289 g/mol. The highest BCUT2D eigenvalue weighted by Crippen LogP contribution is 2.24. The highest BCUT2D eigenvalue weighted by Gasteiger charge is 2.10. The number of aromatic nitrogens is 3. The van der Waals surface area contributed by atoms with Gasteiger partial charge in [-0.15, -0.1) is 10.2 Å². The molecule has 0 fully saturated rings. The topological polar surface area (TPSA) is 47.8 Å². The molecule has 0 aliphatic heterocycles. The summed E-state index contributed by atoms with van der Waals surface area (Å²) in [5.41, 5.74) is 0. The van der Waals surface area contributed by atoms with Crippen LogP contribution in [0.2, 0.25) is 10.0 Å². The lowest BCUT2D eigenvalue weighted by atomic mass is 10.4. The van der Waals surface area contributed by atoms with E-state index in [9.17, 15) is 4.21 Å². The molecule has 7 heteroatoms. The molecule has 0 saturated carbocycles. The molecule has 0 aliphatic rings. The summed E-state index contributed by atoms with van der Waals surface area (Å²) in [6, 6.07) is 4.94. The van der Waals surface area contributed by atoms with Crippen molar-refractivity contribution >= 4 is 34.0 Å². The summed E-state index contributed by atoms with van der Waals surface area (Å²) in [6.45, 7) is 0. The van der Waals surface area contributed by atoms with Gasteiger partial charge in [-0.05, 0) is 18.2 Å². The number of rotatable bonds is 3. The van der Waals surface area contributed by atoms with Crippen molar-refractivity contribution in [3.8, 4) is 0 Å². The maximum absolute atomic E-state index is 12.1.